The molecule has 152 valence electrons. The van der Waals surface area contributed by atoms with Gasteiger partial charge in [-0.15, -0.1) is 0 Å². The summed E-state index contributed by atoms with van der Waals surface area (Å²) in [6.45, 7) is 1.27. The monoisotopic (exact) mass is 399 g/mol. The summed E-state index contributed by atoms with van der Waals surface area (Å²) in [5.41, 5.74) is 2.27. The number of carbonyl (C=O) groups excluding carboxylic acids is 1. The van der Waals surface area contributed by atoms with E-state index >= 15 is 0 Å². The van der Waals surface area contributed by atoms with E-state index in [9.17, 15) is 18.0 Å². The van der Waals surface area contributed by atoms with E-state index in [1.165, 1.54) is 41.8 Å². The molecule has 0 aromatic heterocycles. The van der Waals surface area contributed by atoms with E-state index in [2.05, 4.69) is 24.3 Å². The summed E-state index contributed by atoms with van der Waals surface area (Å²) >= 11 is 0. The predicted molar refractivity (Wildman–Crippen MR) is 107 cm³/mol. The van der Waals surface area contributed by atoms with Crippen LogP contribution in [0, 0.1) is 0 Å². The van der Waals surface area contributed by atoms with Gasteiger partial charge in [0.15, 0.2) is 0 Å². The van der Waals surface area contributed by atoms with Gasteiger partial charge in [-0.2, -0.15) is 13.2 Å². The fourth-order valence-electron chi connectivity index (χ4n) is 4.85. The molecule has 1 spiro atoms. The maximum absolute atomic E-state index is 13.1. The van der Waals surface area contributed by atoms with Gasteiger partial charge in [-0.05, 0) is 66.4 Å². The van der Waals surface area contributed by atoms with Crippen molar-refractivity contribution >= 4 is 12.0 Å². The van der Waals surface area contributed by atoms with Crippen LogP contribution in [0.5, 0.6) is 0 Å². The van der Waals surface area contributed by atoms with Gasteiger partial charge in [-0.3, -0.25) is 4.79 Å². The number of likely N-dealkylation sites (tertiary alicyclic amines) is 1. The highest BCUT2D eigenvalue weighted by Crippen LogP contribution is 2.44. The summed E-state index contributed by atoms with van der Waals surface area (Å²) < 4.78 is 39.4. The molecule has 1 heterocycles. The molecule has 0 saturated carbocycles. The topological polar surface area (TPSA) is 20.3 Å². The Hall–Kier alpha value is -2.56. The first kappa shape index (κ1) is 19.7. The molecule has 4 rings (SSSR count). The molecular formula is C24H24F3NO. The lowest BCUT2D eigenvalue weighted by atomic mass is 9.65. The summed E-state index contributed by atoms with van der Waals surface area (Å²) in [5, 5.41) is 0. The van der Waals surface area contributed by atoms with Gasteiger partial charge in [0.25, 0.3) is 0 Å². The van der Waals surface area contributed by atoms with Crippen LogP contribution in [0.25, 0.3) is 6.08 Å². The average molecular weight is 399 g/mol. The first-order valence-corrected chi connectivity index (χ1v) is 10.1. The molecule has 1 fully saturated rings. The number of nitrogens with zero attached hydrogens (tertiary/aromatic N) is 1. The Kier molecular flexibility index (Phi) is 5.24. The van der Waals surface area contributed by atoms with Gasteiger partial charge in [0.05, 0.1) is 5.56 Å². The fraction of sp³-hybridized carbons (Fsp3) is 0.375. The highest BCUT2D eigenvalue weighted by molar-refractivity contribution is 5.92. The predicted octanol–water partition coefficient (Wildman–Crippen LogP) is 5.62. The van der Waals surface area contributed by atoms with Crippen molar-refractivity contribution in [3.8, 4) is 0 Å². The van der Waals surface area contributed by atoms with Crippen molar-refractivity contribution in [2.75, 3.05) is 13.1 Å². The standard InChI is InChI=1S/C24H24F3NO/c25-24(26,27)21-10-4-2-7-19(21)11-12-22(29)28-16-14-23(15-17-28)13-5-8-18-6-1-3-9-20(18)23/h1-4,6-7,9-12H,5,8,13-17H2/b12-11+. The lowest BCUT2D eigenvalue weighted by Crippen LogP contribution is -2.46. The zero-order chi connectivity index (χ0) is 20.5. The molecule has 2 nitrogen and oxygen atoms in total. The normalized spacial score (nSPS) is 18.8. The van der Waals surface area contributed by atoms with Crippen LogP contribution in [-0.2, 0) is 22.8 Å². The Morgan fingerprint density at radius 1 is 0.966 bits per heavy atom. The highest BCUT2D eigenvalue weighted by Gasteiger charge is 2.39. The molecule has 0 unspecified atom stereocenters. The minimum absolute atomic E-state index is 0.0167. The number of amides is 1. The van der Waals surface area contributed by atoms with E-state index in [0.29, 0.717) is 13.1 Å². The van der Waals surface area contributed by atoms with Crippen LogP contribution in [0.15, 0.2) is 54.6 Å². The molecule has 0 radical (unpaired) electrons. The van der Waals surface area contributed by atoms with Crippen LogP contribution in [0.2, 0.25) is 0 Å². The van der Waals surface area contributed by atoms with E-state index in [4.69, 9.17) is 0 Å². The number of hydrogen-bond acceptors (Lipinski definition) is 1. The van der Waals surface area contributed by atoms with Gasteiger partial charge in [-0.25, -0.2) is 0 Å². The van der Waals surface area contributed by atoms with Gasteiger partial charge < -0.3 is 4.90 Å². The maximum atomic E-state index is 13.1. The number of carbonyl (C=O) groups is 1. The zero-order valence-corrected chi connectivity index (χ0v) is 16.2. The SMILES string of the molecule is O=C(/C=C/c1ccccc1C(F)(F)F)N1CCC2(CCCc3ccccc32)CC1. The lowest BCUT2D eigenvalue weighted by molar-refractivity contribution is -0.137. The molecule has 1 aliphatic heterocycles. The number of aryl methyl sites for hydroxylation is 1. The summed E-state index contributed by atoms with van der Waals surface area (Å²) in [6.07, 6.45) is 3.35. The molecule has 0 atom stereocenters. The number of alkyl halides is 3. The summed E-state index contributed by atoms with van der Waals surface area (Å²) in [4.78, 5) is 14.4. The van der Waals surface area contributed by atoms with Crippen molar-refractivity contribution in [1.29, 1.82) is 0 Å². The third-order valence-electron chi connectivity index (χ3n) is 6.39. The fourth-order valence-corrected chi connectivity index (χ4v) is 4.85. The Bertz CT molecular complexity index is 924. The number of halogens is 3. The van der Waals surface area contributed by atoms with Crippen molar-refractivity contribution < 1.29 is 18.0 Å². The minimum Gasteiger partial charge on any atom is -0.339 e. The summed E-state index contributed by atoms with van der Waals surface area (Å²) in [7, 11) is 0. The van der Waals surface area contributed by atoms with Gasteiger partial charge in [0.2, 0.25) is 5.91 Å². The number of benzene rings is 2. The van der Waals surface area contributed by atoms with E-state index in [0.717, 1.165) is 31.7 Å². The van der Waals surface area contributed by atoms with Crippen LogP contribution in [0.1, 0.15) is 47.9 Å². The highest BCUT2D eigenvalue weighted by atomic mass is 19.4. The largest absolute Gasteiger partial charge is 0.416 e. The molecule has 5 heteroatoms. The second kappa shape index (κ2) is 7.69. The number of piperidine rings is 1. The Morgan fingerprint density at radius 3 is 2.41 bits per heavy atom. The van der Waals surface area contributed by atoms with E-state index in [1.807, 2.05) is 0 Å². The number of hydrogen-bond donors (Lipinski definition) is 0. The van der Waals surface area contributed by atoms with Crippen LogP contribution in [0.4, 0.5) is 13.2 Å². The van der Waals surface area contributed by atoms with Gasteiger partial charge in [0, 0.05) is 19.2 Å². The van der Waals surface area contributed by atoms with Crippen LogP contribution < -0.4 is 0 Å². The Morgan fingerprint density at radius 2 is 1.66 bits per heavy atom. The van der Waals surface area contributed by atoms with Crippen molar-refractivity contribution in [2.24, 2.45) is 0 Å². The smallest absolute Gasteiger partial charge is 0.339 e. The van der Waals surface area contributed by atoms with E-state index in [-0.39, 0.29) is 16.9 Å². The van der Waals surface area contributed by atoms with Crippen molar-refractivity contribution in [3.63, 3.8) is 0 Å². The van der Waals surface area contributed by atoms with E-state index in [1.54, 1.807) is 11.0 Å². The third kappa shape index (κ3) is 3.96. The van der Waals surface area contributed by atoms with Gasteiger partial charge in [0.1, 0.15) is 0 Å². The first-order chi connectivity index (χ1) is 13.9. The molecule has 2 aliphatic rings. The average Bonchev–Trinajstić information content (AvgIpc) is 2.72. The van der Waals surface area contributed by atoms with Crippen molar-refractivity contribution in [2.45, 2.75) is 43.7 Å². The molecule has 2 aromatic rings. The molecule has 0 bridgehead atoms. The molecular weight excluding hydrogens is 375 g/mol. The van der Waals surface area contributed by atoms with Crippen LogP contribution in [0.3, 0.4) is 0 Å². The second-order valence-corrected chi connectivity index (χ2v) is 8.03. The molecule has 1 aliphatic carbocycles. The van der Waals surface area contributed by atoms with Crippen molar-refractivity contribution in [3.05, 3.63) is 76.9 Å². The second-order valence-electron chi connectivity index (χ2n) is 8.03. The molecule has 1 amide bonds. The molecule has 0 N–H and O–H groups in total. The third-order valence-corrected chi connectivity index (χ3v) is 6.39. The minimum atomic E-state index is -4.43. The molecule has 29 heavy (non-hydrogen) atoms. The van der Waals surface area contributed by atoms with Gasteiger partial charge in [-0.1, -0.05) is 42.5 Å². The quantitative estimate of drug-likeness (QED) is 0.601. The number of rotatable bonds is 2. The maximum Gasteiger partial charge on any atom is 0.416 e. The molecule has 1 saturated heterocycles. The van der Waals surface area contributed by atoms with E-state index < -0.39 is 11.7 Å². The van der Waals surface area contributed by atoms with Crippen LogP contribution >= 0.6 is 0 Å². The summed E-state index contributed by atoms with van der Waals surface area (Å²) in [5.74, 6) is -0.221. The van der Waals surface area contributed by atoms with Crippen LogP contribution in [-0.4, -0.2) is 23.9 Å². The zero-order valence-electron chi connectivity index (χ0n) is 16.2. The summed E-state index contributed by atoms with van der Waals surface area (Å²) in [6, 6.07) is 13.9. The molecule has 2 aromatic carbocycles. The lowest BCUT2D eigenvalue weighted by Gasteiger charge is -2.45. The van der Waals surface area contributed by atoms with Gasteiger partial charge >= 0.3 is 6.18 Å². The Balaban J connectivity index is 1.45. The first-order valence-electron chi connectivity index (χ1n) is 10.1. The Labute approximate surface area is 169 Å². The number of fused-ring (bicyclic) bond motifs is 2. The van der Waals surface area contributed by atoms with Crippen molar-refractivity contribution in [1.82, 2.24) is 4.90 Å².